The molecule has 0 unspecified atom stereocenters. The lowest BCUT2D eigenvalue weighted by Gasteiger charge is -2.40. The van der Waals surface area contributed by atoms with Crippen LogP contribution in [0.15, 0.2) is 79.0 Å². The smallest absolute Gasteiger partial charge is 0.231 e. The van der Waals surface area contributed by atoms with E-state index in [1.54, 1.807) is 12.1 Å². The number of hydrogen-bond donors (Lipinski definition) is 2. The van der Waals surface area contributed by atoms with Crippen LogP contribution in [0.3, 0.4) is 0 Å². The van der Waals surface area contributed by atoms with Gasteiger partial charge >= 0.3 is 0 Å². The van der Waals surface area contributed by atoms with Crippen LogP contribution in [0.4, 0.5) is 15.8 Å². The van der Waals surface area contributed by atoms with E-state index in [1.165, 1.54) is 6.07 Å². The SMILES string of the molecule is O=C(Nc1ccc2[nH]ccc2c1)C1CN(c2ccc(-c3ccccc3F)cc2)C1. The molecule has 1 aliphatic rings. The summed E-state index contributed by atoms with van der Waals surface area (Å²) >= 11 is 0. The van der Waals surface area contributed by atoms with Crippen LogP contribution >= 0.6 is 0 Å². The van der Waals surface area contributed by atoms with Crippen molar-refractivity contribution in [2.45, 2.75) is 0 Å². The summed E-state index contributed by atoms with van der Waals surface area (Å²) in [6, 6.07) is 22.4. The van der Waals surface area contributed by atoms with Crippen LogP contribution in [0.5, 0.6) is 0 Å². The molecule has 0 spiro atoms. The third-order valence-electron chi connectivity index (χ3n) is 5.49. The maximum Gasteiger partial charge on any atom is 0.231 e. The van der Waals surface area contributed by atoms with Gasteiger partial charge in [0.05, 0.1) is 5.92 Å². The summed E-state index contributed by atoms with van der Waals surface area (Å²) in [7, 11) is 0. The summed E-state index contributed by atoms with van der Waals surface area (Å²) in [5.41, 5.74) is 4.36. The van der Waals surface area contributed by atoms with Crippen molar-refractivity contribution in [3.63, 3.8) is 0 Å². The van der Waals surface area contributed by atoms with E-state index in [-0.39, 0.29) is 17.6 Å². The Morgan fingerprint density at radius 3 is 2.59 bits per heavy atom. The first kappa shape index (κ1) is 17.5. The molecule has 1 amide bonds. The zero-order chi connectivity index (χ0) is 19.8. The third kappa shape index (κ3) is 3.36. The highest BCUT2D eigenvalue weighted by molar-refractivity contribution is 5.96. The number of rotatable bonds is 4. The Hall–Kier alpha value is -3.60. The number of anilines is 2. The number of aromatic nitrogens is 1. The van der Waals surface area contributed by atoms with Gasteiger partial charge in [-0.1, -0.05) is 30.3 Å². The average molecular weight is 385 g/mol. The van der Waals surface area contributed by atoms with Gasteiger partial charge in [-0.3, -0.25) is 4.79 Å². The third-order valence-corrected chi connectivity index (χ3v) is 5.49. The van der Waals surface area contributed by atoms with Gasteiger partial charge in [-0.05, 0) is 48.0 Å². The normalized spacial score (nSPS) is 14.0. The molecule has 1 aliphatic heterocycles. The lowest BCUT2D eigenvalue weighted by atomic mass is 9.97. The van der Waals surface area contributed by atoms with Crippen molar-refractivity contribution in [2.75, 3.05) is 23.3 Å². The standard InChI is InChI=1S/C24H20FN3O/c25-22-4-2-1-3-21(22)16-5-8-20(9-6-16)28-14-18(15-28)24(29)27-19-7-10-23-17(13-19)11-12-26-23/h1-13,18,26H,14-15H2,(H,27,29). The number of halogens is 1. The summed E-state index contributed by atoms with van der Waals surface area (Å²) in [6.45, 7) is 1.36. The molecule has 2 N–H and O–H groups in total. The highest BCUT2D eigenvalue weighted by Gasteiger charge is 2.32. The van der Waals surface area contributed by atoms with E-state index in [0.29, 0.717) is 18.7 Å². The first-order valence-corrected chi connectivity index (χ1v) is 9.65. The number of carbonyl (C=O) groups excluding carboxylic acids is 1. The lowest BCUT2D eigenvalue weighted by molar-refractivity contribution is -0.120. The maximum absolute atomic E-state index is 13.9. The molecule has 0 saturated carbocycles. The molecule has 0 atom stereocenters. The molecule has 144 valence electrons. The van der Waals surface area contributed by atoms with Crippen LogP contribution in [-0.4, -0.2) is 24.0 Å². The van der Waals surface area contributed by atoms with E-state index in [1.807, 2.05) is 60.8 Å². The minimum Gasteiger partial charge on any atom is -0.370 e. The van der Waals surface area contributed by atoms with Crippen molar-refractivity contribution in [3.8, 4) is 11.1 Å². The van der Waals surface area contributed by atoms with E-state index >= 15 is 0 Å². The van der Waals surface area contributed by atoms with Crippen molar-refractivity contribution in [3.05, 3.63) is 84.8 Å². The number of nitrogens with zero attached hydrogens (tertiary/aromatic N) is 1. The van der Waals surface area contributed by atoms with Crippen molar-refractivity contribution in [2.24, 2.45) is 5.92 Å². The van der Waals surface area contributed by atoms with Crippen LogP contribution in [-0.2, 0) is 4.79 Å². The van der Waals surface area contributed by atoms with Crippen LogP contribution in [0.2, 0.25) is 0 Å². The Bertz CT molecular complexity index is 1180. The fourth-order valence-corrected chi connectivity index (χ4v) is 3.78. The first-order chi connectivity index (χ1) is 14.2. The van der Waals surface area contributed by atoms with Gasteiger partial charge in [0, 0.05) is 47.1 Å². The number of hydrogen-bond acceptors (Lipinski definition) is 2. The van der Waals surface area contributed by atoms with Crippen LogP contribution < -0.4 is 10.2 Å². The van der Waals surface area contributed by atoms with Crippen molar-refractivity contribution >= 4 is 28.2 Å². The molecule has 1 aromatic heterocycles. The van der Waals surface area contributed by atoms with E-state index < -0.39 is 0 Å². The maximum atomic E-state index is 13.9. The lowest BCUT2D eigenvalue weighted by Crippen LogP contribution is -2.52. The Morgan fingerprint density at radius 1 is 1.00 bits per heavy atom. The largest absolute Gasteiger partial charge is 0.370 e. The van der Waals surface area contributed by atoms with Gasteiger partial charge in [-0.2, -0.15) is 0 Å². The number of nitrogens with one attached hydrogen (secondary N) is 2. The number of amides is 1. The fraction of sp³-hybridized carbons (Fsp3) is 0.125. The summed E-state index contributed by atoms with van der Waals surface area (Å²) in [5.74, 6) is -0.221. The van der Waals surface area contributed by atoms with Crippen molar-refractivity contribution in [1.29, 1.82) is 0 Å². The second kappa shape index (κ2) is 7.09. The number of benzene rings is 3. The molecule has 5 rings (SSSR count). The number of fused-ring (bicyclic) bond motifs is 1. The topological polar surface area (TPSA) is 48.1 Å². The molecule has 2 heterocycles. The minimum atomic E-state index is -0.223. The Labute approximate surface area is 168 Å². The summed E-state index contributed by atoms with van der Waals surface area (Å²) in [4.78, 5) is 17.8. The van der Waals surface area contributed by atoms with Gasteiger partial charge in [-0.25, -0.2) is 4.39 Å². The molecular formula is C24H20FN3O. The first-order valence-electron chi connectivity index (χ1n) is 9.65. The van der Waals surface area contributed by atoms with Crippen LogP contribution in [0.1, 0.15) is 0 Å². The molecule has 0 bridgehead atoms. The Balaban J connectivity index is 1.21. The second-order valence-corrected chi connectivity index (χ2v) is 7.40. The van der Waals surface area contributed by atoms with E-state index in [0.717, 1.165) is 27.8 Å². The molecule has 4 nitrogen and oxygen atoms in total. The highest BCUT2D eigenvalue weighted by atomic mass is 19.1. The van der Waals surface area contributed by atoms with Crippen LogP contribution in [0.25, 0.3) is 22.0 Å². The van der Waals surface area contributed by atoms with Crippen molar-refractivity contribution < 1.29 is 9.18 Å². The van der Waals surface area contributed by atoms with Crippen molar-refractivity contribution in [1.82, 2.24) is 4.98 Å². The predicted molar refractivity (Wildman–Crippen MR) is 114 cm³/mol. The summed E-state index contributed by atoms with van der Waals surface area (Å²) < 4.78 is 13.9. The number of aromatic amines is 1. The molecular weight excluding hydrogens is 365 g/mol. The Kier molecular flexibility index (Phi) is 4.28. The van der Waals surface area contributed by atoms with E-state index in [9.17, 15) is 9.18 Å². The van der Waals surface area contributed by atoms with Gasteiger partial charge in [0.1, 0.15) is 5.82 Å². The van der Waals surface area contributed by atoms with E-state index in [4.69, 9.17) is 0 Å². The highest BCUT2D eigenvalue weighted by Crippen LogP contribution is 2.29. The zero-order valence-corrected chi connectivity index (χ0v) is 15.7. The molecule has 1 saturated heterocycles. The molecule has 3 aromatic carbocycles. The van der Waals surface area contributed by atoms with Gasteiger partial charge in [0.15, 0.2) is 0 Å². The molecule has 0 radical (unpaired) electrons. The molecule has 4 aromatic rings. The van der Waals surface area contributed by atoms with Gasteiger partial charge in [0.25, 0.3) is 0 Å². The second-order valence-electron chi connectivity index (χ2n) is 7.40. The summed E-state index contributed by atoms with van der Waals surface area (Å²) in [5, 5.41) is 4.09. The molecule has 5 heteroatoms. The minimum absolute atomic E-state index is 0.0387. The monoisotopic (exact) mass is 385 g/mol. The van der Waals surface area contributed by atoms with Gasteiger partial charge in [-0.15, -0.1) is 0 Å². The van der Waals surface area contributed by atoms with E-state index in [2.05, 4.69) is 15.2 Å². The summed E-state index contributed by atoms with van der Waals surface area (Å²) in [6.07, 6.45) is 1.89. The number of carbonyl (C=O) groups is 1. The quantitative estimate of drug-likeness (QED) is 0.516. The van der Waals surface area contributed by atoms with Gasteiger partial charge < -0.3 is 15.2 Å². The average Bonchev–Trinajstić information content (AvgIpc) is 3.16. The molecule has 29 heavy (non-hydrogen) atoms. The fourth-order valence-electron chi connectivity index (χ4n) is 3.78. The Morgan fingerprint density at radius 2 is 1.79 bits per heavy atom. The van der Waals surface area contributed by atoms with Crippen LogP contribution in [0, 0.1) is 11.7 Å². The predicted octanol–water partition coefficient (Wildman–Crippen LogP) is 5.05. The zero-order valence-electron chi connectivity index (χ0n) is 15.7. The van der Waals surface area contributed by atoms with Gasteiger partial charge in [0.2, 0.25) is 5.91 Å². The molecule has 0 aliphatic carbocycles. The number of H-pyrrole nitrogens is 1. The molecule has 1 fully saturated rings.